The number of hydrogen-bond donors (Lipinski definition) is 1. The van der Waals surface area contributed by atoms with Gasteiger partial charge in [-0.25, -0.2) is 0 Å². The van der Waals surface area contributed by atoms with Gasteiger partial charge < -0.3 is 19.7 Å². The molecule has 0 saturated carbocycles. The molecule has 1 N–H and O–H groups in total. The number of anilines is 1. The number of halogens is 1. The summed E-state index contributed by atoms with van der Waals surface area (Å²) in [7, 11) is 3.56. The second-order valence-electron chi connectivity index (χ2n) is 5.47. The van der Waals surface area contributed by atoms with Crippen LogP contribution in [-0.2, 0) is 0 Å². The predicted molar refractivity (Wildman–Crippen MR) is 96.9 cm³/mol. The monoisotopic (exact) mass is 390 g/mol. The molecule has 5 nitrogen and oxygen atoms in total. The molecule has 2 aromatic carbocycles. The number of methoxy groups -OCH3 is 1. The molecule has 0 fully saturated rings. The number of ether oxygens (including phenoxy) is 2. The van der Waals surface area contributed by atoms with Gasteiger partial charge in [0.2, 0.25) is 0 Å². The van der Waals surface area contributed by atoms with Gasteiger partial charge in [-0.15, -0.1) is 0 Å². The van der Waals surface area contributed by atoms with E-state index < -0.39 is 0 Å². The molecule has 6 heteroatoms. The van der Waals surface area contributed by atoms with Crippen molar-refractivity contribution < 1.29 is 14.3 Å². The van der Waals surface area contributed by atoms with Gasteiger partial charge in [-0.1, -0.05) is 12.1 Å². The summed E-state index contributed by atoms with van der Waals surface area (Å²) in [5.41, 5.74) is 2.48. The zero-order chi connectivity index (χ0) is 17.3. The van der Waals surface area contributed by atoms with Crippen molar-refractivity contribution in [1.29, 1.82) is 0 Å². The summed E-state index contributed by atoms with van der Waals surface area (Å²) in [5.74, 6) is 1.20. The highest BCUT2D eigenvalue weighted by Crippen LogP contribution is 2.40. The fourth-order valence-electron chi connectivity index (χ4n) is 2.90. The normalized spacial score (nSPS) is 16.4. The van der Waals surface area contributed by atoms with E-state index in [1.165, 1.54) is 0 Å². The highest BCUT2D eigenvalue weighted by molar-refractivity contribution is 9.10. The Morgan fingerprint density at radius 3 is 2.75 bits per heavy atom. The maximum Gasteiger partial charge on any atom is 0.255 e. The average Bonchev–Trinajstić information content (AvgIpc) is 2.60. The van der Waals surface area contributed by atoms with Crippen molar-refractivity contribution in [3.63, 3.8) is 0 Å². The molecule has 1 unspecified atom stereocenters. The molecule has 1 heterocycles. The molecule has 24 heavy (non-hydrogen) atoms. The molecule has 3 rings (SSSR count). The van der Waals surface area contributed by atoms with Gasteiger partial charge >= 0.3 is 0 Å². The minimum atomic E-state index is -0.284. The lowest BCUT2D eigenvalue weighted by Gasteiger charge is -2.36. The number of amides is 1. The molecule has 126 valence electrons. The average molecular weight is 391 g/mol. The number of nitrogens with one attached hydrogen (secondary N) is 1. The molecule has 2 aromatic rings. The third-order valence-corrected chi connectivity index (χ3v) is 4.63. The van der Waals surface area contributed by atoms with Crippen LogP contribution in [0.4, 0.5) is 5.69 Å². The van der Waals surface area contributed by atoms with Gasteiger partial charge in [0.25, 0.3) is 5.91 Å². The molecule has 1 atom stereocenters. The number of carbonyl (C=O) groups is 1. The van der Waals surface area contributed by atoms with Crippen LogP contribution in [0, 0.1) is 0 Å². The summed E-state index contributed by atoms with van der Waals surface area (Å²) in [6, 6.07) is 11.4. The van der Waals surface area contributed by atoms with Gasteiger partial charge in [-0.05, 0) is 52.7 Å². The van der Waals surface area contributed by atoms with Crippen LogP contribution in [0.3, 0.4) is 0 Å². The van der Waals surface area contributed by atoms with Gasteiger partial charge in [0.15, 0.2) is 11.5 Å². The Morgan fingerprint density at radius 1 is 1.29 bits per heavy atom. The zero-order valence-corrected chi connectivity index (χ0v) is 15.4. The van der Waals surface area contributed by atoms with Gasteiger partial charge in [0, 0.05) is 7.05 Å². The smallest absolute Gasteiger partial charge is 0.255 e. The number of rotatable bonds is 4. The first-order valence-corrected chi connectivity index (χ1v) is 8.49. The van der Waals surface area contributed by atoms with E-state index in [9.17, 15) is 4.79 Å². The molecule has 1 amide bonds. The zero-order valence-electron chi connectivity index (χ0n) is 13.8. The van der Waals surface area contributed by atoms with E-state index in [4.69, 9.17) is 9.47 Å². The summed E-state index contributed by atoms with van der Waals surface area (Å²) < 4.78 is 11.9. The minimum absolute atomic E-state index is 0.0855. The van der Waals surface area contributed by atoms with Crippen molar-refractivity contribution in [2.75, 3.05) is 25.7 Å². The maximum atomic E-state index is 12.4. The molecular weight excluding hydrogens is 372 g/mol. The van der Waals surface area contributed by atoms with Crippen molar-refractivity contribution in [2.45, 2.75) is 13.1 Å². The van der Waals surface area contributed by atoms with E-state index in [1.54, 1.807) is 7.11 Å². The molecule has 0 spiro atoms. The van der Waals surface area contributed by atoms with Crippen LogP contribution in [0.5, 0.6) is 11.5 Å². The lowest BCUT2D eigenvalue weighted by Crippen LogP contribution is -2.44. The van der Waals surface area contributed by atoms with E-state index in [-0.39, 0.29) is 12.1 Å². The molecule has 1 aliphatic heterocycles. The van der Waals surface area contributed by atoms with E-state index in [1.807, 2.05) is 55.3 Å². The van der Waals surface area contributed by atoms with Crippen molar-refractivity contribution in [1.82, 2.24) is 5.32 Å². The summed E-state index contributed by atoms with van der Waals surface area (Å²) >= 11 is 3.54. The van der Waals surface area contributed by atoms with Gasteiger partial charge in [0.05, 0.1) is 29.4 Å². The molecule has 0 saturated heterocycles. The first kappa shape index (κ1) is 16.6. The summed E-state index contributed by atoms with van der Waals surface area (Å²) in [5, 5.41) is 3.04. The van der Waals surface area contributed by atoms with Gasteiger partial charge in [-0.3, -0.25) is 4.79 Å². The number of para-hydroxylation sites is 1. The van der Waals surface area contributed by atoms with Crippen LogP contribution in [-0.4, -0.2) is 26.7 Å². The van der Waals surface area contributed by atoms with Crippen LogP contribution in [0.2, 0.25) is 0 Å². The number of hydrogen-bond acceptors (Lipinski definition) is 4. The Morgan fingerprint density at radius 2 is 2.04 bits per heavy atom. The standard InChI is InChI=1S/C18H19BrN2O3/c1-4-24-16-13(19)9-11(10-15(16)23-3)17-20-18(22)12-7-5-6-8-14(12)21(17)2/h5-10,17H,4H2,1-3H3,(H,20,22). The van der Waals surface area contributed by atoms with Gasteiger partial charge in [0.1, 0.15) is 6.17 Å². The number of nitrogens with zero attached hydrogens (tertiary/aromatic N) is 1. The molecule has 0 aliphatic carbocycles. The molecule has 0 bridgehead atoms. The highest BCUT2D eigenvalue weighted by atomic mass is 79.9. The topological polar surface area (TPSA) is 50.8 Å². The minimum Gasteiger partial charge on any atom is -0.493 e. The second-order valence-corrected chi connectivity index (χ2v) is 6.33. The fourth-order valence-corrected chi connectivity index (χ4v) is 3.47. The fraction of sp³-hybridized carbons (Fsp3) is 0.278. The Kier molecular flexibility index (Phi) is 4.66. The number of carbonyl (C=O) groups excluding carboxylic acids is 1. The third kappa shape index (κ3) is 2.82. The molecule has 1 aliphatic rings. The summed E-state index contributed by atoms with van der Waals surface area (Å²) in [6.45, 7) is 2.47. The molecular formula is C18H19BrN2O3. The van der Waals surface area contributed by atoms with E-state index in [0.717, 1.165) is 15.7 Å². The second kappa shape index (κ2) is 6.73. The summed E-state index contributed by atoms with van der Waals surface area (Å²) in [4.78, 5) is 14.5. The Bertz CT molecular complexity index is 779. The highest BCUT2D eigenvalue weighted by Gasteiger charge is 2.30. The van der Waals surface area contributed by atoms with Crippen LogP contribution >= 0.6 is 15.9 Å². The first-order chi connectivity index (χ1) is 11.6. The van der Waals surface area contributed by atoms with Crippen molar-refractivity contribution >= 4 is 27.5 Å². The van der Waals surface area contributed by atoms with Crippen molar-refractivity contribution in [2.24, 2.45) is 0 Å². The van der Waals surface area contributed by atoms with E-state index >= 15 is 0 Å². The molecule has 0 aromatic heterocycles. The Labute approximate surface area is 149 Å². The molecule has 0 radical (unpaired) electrons. The van der Waals surface area contributed by atoms with Crippen LogP contribution in [0.25, 0.3) is 0 Å². The SMILES string of the molecule is CCOc1c(Br)cc(C2NC(=O)c3ccccc3N2C)cc1OC. The lowest BCUT2D eigenvalue weighted by atomic mass is 10.0. The number of benzene rings is 2. The summed E-state index contributed by atoms with van der Waals surface area (Å²) in [6.07, 6.45) is -0.284. The van der Waals surface area contributed by atoms with Crippen LogP contribution in [0.1, 0.15) is 29.0 Å². The quantitative estimate of drug-likeness (QED) is 0.863. The van der Waals surface area contributed by atoms with Crippen LogP contribution in [0.15, 0.2) is 40.9 Å². The van der Waals surface area contributed by atoms with E-state index in [2.05, 4.69) is 21.2 Å². The maximum absolute atomic E-state index is 12.4. The third-order valence-electron chi connectivity index (χ3n) is 4.04. The Hall–Kier alpha value is -2.21. The van der Waals surface area contributed by atoms with Crippen molar-refractivity contribution in [3.8, 4) is 11.5 Å². The number of fused-ring (bicyclic) bond motifs is 1. The Balaban J connectivity index is 2.04. The lowest BCUT2D eigenvalue weighted by molar-refractivity contribution is 0.0928. The van der Waals surface area contributed by atoms with Gasteiger partial charge in [-0.2, -0.15) is 0 Å². The predicted octanol–water partition coefficient (Wildman–Crippen LogP) is 3.73. The first-order valence-electron chi connectivity index (χ1n) is 7.69. The largest absolute Gasteiger partial charge is 0.493 e. The van der Waals surface area contributed by atoms with Crippen LogP contribution < -0.4 is 19.7 Å². The van der Waals surface area contributed by atoms with Crippen molar-refractivity contribution in [3.05, 3.63) is 52.0 Å². The van der Waals surface area contributed by atoms with E-state index in [0.29, 0.717) is 23.7 Å².